The lowest BCUT2D eigenvalue weighted by Gasteiger charge is -2.13. The maximum Gasteiger partial charge on any atom is 0.326 e. The standard InChI is InChI=1S/C15H17NO5/c1-3-4-5-13(15(19)20)16-14(18)11-6-8-12(9-7-11)21-10(2)17/h3,6-9,13H,1,4-5H2,2H3,(H,16,18)(H,19,20)/t13-/m1/s1. The summed E-state index contributed by atoms with van der Waals surface area (Å²) in [5.74, 6) is -1.73. The molecule has 1 amide bonds. The maximum atomic E-state index is 11.9. The van der Waals surface area contributed by atoms with Crippen molar-refractivity contribution in [3.63, 3.8) is 0 Å². The van der Waals surface area contributed by atoms with Crippen molar-refractivity contribution in [2.75, 3.05) is 0 Å². The number of amides is 1. The number of ether oxygens (including phenoxy) is 1. The molecule has 0 heterocycles. The lowest BCUT2D eigenvalue weighted by atomic mass is 10.1. The Balaban J connectivity index is 2.71. The van der Waals surface area contributed by atoms with Crippen molar-refractivity contribution in [1.82, 2.24) is 5.32 Å². The Hall–Kier alpha value is -2.63. The van der Waals surface area contributed by atoms with E-state index in [4.69, 9.17) is 9.84 Å². The molecule has 0 saturated carbocycles. The average molecular weight is 291 g/mol. The van der Waals surface area contributed by atoms with Crippen molar-refractivity contribution in [3.05, 3.63) is 42.5 Å². The molecule has 0 aliphatic heterocycles. The zero-order chi connectivity index (χ0) is 15.8. The summed E-state index contributed by atoms with van der Waals surface area (Å²) in [5, 5.41) is 11.5. The molecule has 0 saturated heterocycles. The molecule has 0 bridgehead atoms. The van der Waals surface area contributed by atoms with E-state index in [1.807, 2.05) is 0 Å². The topological polar surface area (TPSA) is 92.7 Å². The van der Waals surface area contributed by atoms with Gasteiger partial charge in [-0.3, -0.25) is 9.59 Å². The molecule has 2 N–H and O–H groups in total. The molecule has 6 nitrogen and oxygen atoms in total. The van der Waals surface area contributed by atoms with E-state index in [1.165, 1.54) is 31.2 Å². The number of nitrogens with one attached hydrogen (secondary N) is 1. The van der Waals surface area contributed by atoms with Gasteiger partial charge in [0.25, 0.3) is 5.91 Å². The summed E-state index contributed by atoms with van der Waals surface area (Å²) in [6.07, 6.45) is 2.36. The van der Waals surface area contributed by atoms with Crippen molar-refractivity contribution in [1.29, 1.82) is 0 Å². The summed E-state index contributed by atoms with van der Waals surface area (Å²) in [7, 11) is 0. The Morgan fingerprint density at radius 1 is 1.33 bits per heavy atom. The summed E-state index contributed by atoms with van der Waals surface area (Å²) in [4.78, 5) is 33.8. The Morgan fingerprint density at radius 3 is 2.43 bits per heavy atom. The molecule has 0 radical (unpaired) electrons. The molecular formula is C15H17NO5. The molecule has 0 aromatic heterocycles. The molecule has 6 heteroatoms. The first-order valence-corrected chi connectivity index (χ1v) is 6.37. The molecule has 0 aliphatic carbocycles. The summed E-state index contributed by atoms with van der Waals surface area (Å²) < 4.78 is 4.85. The van der Waals surface area contributed by atoms with Crippen LogP contribution in [0.5, 0.6) is 5.75 Å². The smallest absolute Gasteiger partial charge is 0.326 e. The molecule has 21 heavy (non-hydrogen) atoms. The van der Waals surface area contributed by atoms with Crippen LogP contribution in [0.1, 0.15) is 30.1 Å². The Labute approximate surface area is 122 Å². The van der Waals surface area contributed by atoms with Gasteiger partial charge in [0, 0.05) is 12.5 Å². The van der Waals surface area contributed by atoms with Gasteiger partial charge < -0.3 is 15.2 Å². The number of carbonyl (C=O) groups is 3. The summed E-state index contributed by atoms with van der Waals surface area (Å²) in [6.45, 7) is 4.79. The third-order valence-electron chi connectivity index (χ3n) is 2.64. The zero-order valence-electron chi connectivity index (χ0n) is 11.7. The van der Waals surface area contributed by atoms with Gasteiger partial charge in [-0.15, -0.1) is 6.58 Å². The Kier molecular flexibility index (Phi) is 6.13. The number of allylic oxidation sites excluding steroid dienone is 1. The zero-order valence-corrected chi connectivity index (χ0v) is 11.7. The van der Waals surface area contributed by atoms with Gasteiger partial charge in [-0.05, 0) is 37.1 Å². The predicted octanol–water partition coefficient (Wildman–Crippen LogP) is 1.76. The van der Waals surface area contributed by atoms with Crippen molar-refractivity contribution < 1.29 is 24.2 Å². The van der Waals surface area contributed by atoms with Crippen molar-refractivity contribution in [3.8, 4) is 5.75 Å². The largest absolute Gasteiger partial charge is 0.480 e. The number of rotatable bonds is 7. The molecule has 1 atom stereocenters. The second-order valence-corrected chi connectivity index (χ2v) is 4.35. The molecule has 1 aromatic carbocycles. The lowest BCUT2D eigenvalue weighted by Crippen LogP contribution is -2.40. The minimum absolute atomic E-state index is 0.274. The van der Waals surface area contributed by atoms with Gasteiger partial charge in [0.1, 0.15) is 11.8 Å². The molecule has 0 fully saturated rings. The molecule has 112 valence electrons. The minimum Gasteiger partial charge on any atom is -0.480 e. The first-order chi connectivity index (χ1) is 9.93. The molecule has 0 spiro atoms. The van der Waals surface area contributed by atoms with E-state index in [0.29, 0.717) is 12.2 Å². The van der Waals surface area contributed by atoms with Crippen LogP contribution in [0.3, 0.4) is 0 Å². The van der Waals surface area contributed by atoms with Crippen molar-refractivity contribution in [2.45, 2.75) is 25.8 Å². The molecule has 0 aliphatic rings. The molecular weight excluding hydrogens is 274 g/mol. The van der Waals surface area contributed by atoms with E-state index in [2.05, 4.69) is 11.9 Å². The predicted molar refractivity (Wildman–Crippen MR) is 76.1 cm³/mol. The number of carboxylic acid groups (broad SMARTS) is 1. The summed E-state index contributed by atoms with van der Waals surface area (Å²) in [5.41, 5.74) is 0.288. The number of hydrogen-bond donors (Lipinski definition) is 2. The number of carboxylic acids is 1. The van der Waals surface area contributed by atoms with E-state index in [0.717, 1.165) is 0 Å². The first kappa shape index (κ1) is 16.4. The number of esters is 1. The van der Waals surface area contributed by atoms with Gasteiger partial charge in [-0.2, -0.15) is 0 Å². The van der Waals surface area contributed by atoms with Gasteiger partial charge in [-0.1, -0.05) is 6.08 Å². The molecule has 1 aromatic rings. The number of hydrogen-bond acceptors (Lipinski definition) is 4. The molecule has 1 rings (SSSR count). The normalized spacial score (nSPS) is 11.3. The summed E-state index contributed by atoms with van der Waals surface area (Å²) in [6, 6.07) is 4.88. The van der Waals surface area contributed by atoms with E-state index >= 15 is 0 Å². The van der Waals surface area contributed by atoms with Gasteiger partial charge in [0.15, 0.2) is 0 Å². The summed E-state index contributed by atoms with van der Waals surface area (Å²) >= 11 is 0. The van der Waals surface area contributed by atoms with E-state index in [1.54, 1.807) is 6.08 Å². The number of aliphatic carboxylic acids is 1. The maximum absolute atomic E-state index is 11.9. The Morgan fingerprint density at radius 2 is 1.95 bits per heavy atom. The highest BCUT2D eigenvalue weighted by Crippen LogP contribution is 2.12. The monoisotopic (exact) mass is 291 g/mol. The Bertz CT molecular complexity index is 535. The van der Waals surface area contributed by atoms with Crippen LogP contribution in [-0.2, 0) is 9.59 Å². The lowest BCUT2D eigenvalue weighted by molar-refractivity contribution is -0.139. The minimum atomic E-state index is -1.10. The first-order valence-electron chi connectivity index (χ1n) is 6.37. The van der Waals surface area contributed by atoms with Crippen LogP contribution < -0.4 is 10.1 Å². The van der Waals surface area contributed by atoms with Gasteiger partial charge in [-0.25, -0.2) is 4.79 Å². The van der Waals surface area contributed by atoms with E-state index in [9.17, 15) is 14.4 Å². The molecule has 0 unspecified atom stereocenters. The van der Waals surface area contributed by atoms with Crippen LogP contribution in [0, 0.1) is 0 Å². The fourth-order valence-corrected chi connectivity index (χ4v) is 1.62. The fraction of sp³-hybridized carbons (Fsp3) is 0.267. The highest BCUT2D eigenvalue weighted by Gasteiger charge is 2.19. The van der Waals surface area contributed by atoms with Gasteiger partial charge in [0.2, 0.25) is 0 Å². The van der Waals surface area contributed by atoms with Gasteiger partial charge in [0.05, 0.1) is 0 Å². The highest BCUT2D eigenvalue weighted by molar-refractivity contribution is 5.96. The second-order valence-electron chi connectivity index (χ2n) is 4.35. The quantitative estimate of drug-likeness (QED) is 0.453. The van der Waals surface area contributed by atoms with Crippen LogP contribution in [0.15, 0.2) is 36.9 Å². The van der Waals surface area contributed by atoms with Crippen LogP contribution >= 0.6 is 0 Å². The van der Waals surface area contributed by atoms with Crippen LogP contribution in [0.2, 0.25) is 0 Å². The van der Waals surface area contributed by atoms with Crippen molar-refractivity contribution >= 4 is 17.8 Å². The third-order valence-corrected chi connectivity index (χ3v) is 2.64. The average Bonchev–Trinajstić information content (AvgIpc) is 2.43. The third kappa shape index (κ3) is 5.48. The van der Waals surface area contributed by atoms with Crippen molar-refractivity contribution in [2.24, 2.45) is 0 Å². The van der Waals surface area contributed by atoms with Crippen LogP contribution in [0.4, 0.5) is 0 Å². The highest BCUT2D eigenvalue weighted by atomic mass is 16.5. The van der Waals surface area contributed by atoms with Crippen LogP contribution in [-0.4, -0.2) is 29.0 Å². The number of carbonyl (C=O) groups excluding carboxylic acids is 2. The SMILES string of the molecule is C=CCC[C@@H](NC(=O)c1ccc(OC(C)=O)cc1)C(=O)O. The number of benzene rings is 1. The van der Waals surface area contributed by atoms with E-state index in [-0.39, 0.29) is 12.0 Å². The fourth-order valence-electron chi connectivity index (χ4n) is 1.62. The second kappa shape index (κ2) is 7.84. The van der Waals surface area contributed by atoms with Crippen LogP contribution in [0.25, 0.3) is 0 Å². The van der Waals surface area contributed by atoms with Gasteiger partial charge >= 0.3 is 11.9 Å². The van der Waals surface area contributed by atoms with E-state index < -0.39 is 23.9 Å².